The zero-order valence-corrected chi connectivity index (χ0v) is 14.4. The lowest BCUT2D eigenvalue weighted by molar-refractivity contribution is -0.128. The molecule has 0 saturated carbocycles. The Balaban J connectivity index is 1.40. The third-order valence-electron chi connectivity index (χ3n) is 4.63. The molecule has 1 saturated heterocycles. The number of H-pyrrole nitrogens is 1. The molecule has 6 heteroatoms. The summed E-state index contributed by atoms with van der Waals surface area (Å²) in [5.41, 5.74) is 3.30. The van der Waals surface area contributed by atoms with Crippen molar-refractivity contribution in [1.29, 1.82) is 0 Å². The van der Waals surface area contributed by atoms with Crippen molar-refractivity contribution in [2.45, 2.75) is 25.9 Å². The Kier molecular flexibility index (Phi) is 4.39. The van der Waals surface area contributed by atoms with E-state index in [2.05, 4.69) is 15.3 Å². The molecular weight excluding hydrogens is 328 g/mol. The van der Waals surface area contributed by atoms with E-state index < -0.39 is 0 Å². The van der Waals surface area contributed by atoms with Gasteiger partial charge in [0.1, 0.15) is 11.3 Å². The van der Waals surface area contributed by atoms with Crippen molar-refractivity contribution in [3.63, 3.8) is 0 Å². The van der Waals surface area contributed by atoms with E-state index in [4.69, 9.17) is 0 Å². The molecule has 0 unspecified atom stereocenters. The molecule has 1 aliphatic heterocycles. The Hall–Kier alpha value is -3.15. The maximum atomic E-state index is 12.4. The molecular formula is C20H20N4O2. The van der Waals surface area contributed by atoms with Crippen molar-refractivity contribution in [3.8, 4) is 0 Å². The Morgan fingerprint density at radius 1 is 1.19 bits per heavy atom. The summed E-state index contributed by atoms with van der Waals surface area (Å²) >= 11 is 0. The second-order valence-corrected chi connectivity index (χ2v) is 6.55. The molecule has 0 radical (unpaired) electrons. The lowest BCUT2D eigenvalue weighted by atomic mass is 10.1. The van der Waals surface area contributed by atoms with Crippen LogP contribution in [0, 0.1) is 0 Å². The summed E-state index contributed by atoms with van der Waals surface area (Å²) in [5.74, 6) is 0.0549. The number of hydrogen-bond donors (Lipinski definition) is 2. The molecule has 26 heavy (non-hydrogen) atoms. The second-order valence-electron chi connectivity index (χ2n) is 6.55. The number of rotatable bonds is 5. The first-order chi connectivity index (χ1) is 12.7. The molecule has 132 valence electrons. The fourth-order valence-electron chi connectivity index (χ4n) is 3.29. The highest BCUT2D eigenvalue weighted by Crippen LogP contribution is 2.16. The lowest BCUT2D eigenvalue weighted by Crippen LogP contribution is -2.24. The van der Waals surface area contributed by atoms with Gasteiger partial charge in [0.15, 0.2) is 0 Å². The molecule has 2 N–H and O–H groups in total. The molecule has 3 heterocycles. The number of nitrogens with one attached hydrogen (secondary N) is 2. The van der Waals surface area contributed by atoms with E-state index >= 15 is 0 Å². The first-order valence-electron chi connectivity index (χ1n) is 8.76. The molecule has 0 aliphatic carbocycles. The Morgan fingerprint density at radius 2 is 2.08 bits per heavy atom. The predicted molar refractivity (Wildman–Crippen MR) is 98.4 cm³/mol. The fraction of sp³-hybridized carbons (Fsp3) is 0.250. The molecule has 2 amide bonds. The number of aromatic nitrogens is 2. The zero-order chi connectivity index (χ0) is 17.9. The highest BCUT2D eigenvalue weighted by Gasteiger charge is 2.20. The topological polar surface area (TPSA) is 78.1 Å². The van der Waals surface area contributed by atoms with Gasteiger partial charge in [0, 0.05) is 37.6 Å². The Bertz CT molecular complexity index is 930. The number of benzene rings is 1. The third kappa shape index (κ3) is 3.44. The molecule has 4 rings (SSSR count). The Morgan fingerprint density at radius 3 is 2.88 bits per heavy atom. The number of carbonyl (C=O) groups is 2. The summed E-state index contributed by atoms with van der Waals surface area (Å²) in [7, 11) is 0. The quantitative estimate of drug-likeness (QED) is 0.744. The van der Waals surface area contributed by atoms with E-state index in [-0.39, 0.29) is 11.8 Å². The third-order valence-corrected chi connectivity index (χ3v) is 4.63. The zero-order valence-electron chi connectivity index (χ0n) is 14.4. The minimum Gasteiger partial charge on any atom is -0.347 e. The van der Waals surface area contributed by atoms with Crippen LogP contribution in [0.2, 0.25) is 0 Å². The number of carbonyl (C=O) groups excluding carboxylic acids is 2. The molecule has 0 atom stereocenters. The number of fused-ring (bicyclic) bond motifs is 1. The maximum absolute atomic E-state index is 12.4. The van der Waals surface area contributed by atoms with E-state index in [1.807, 2.05) is 41.3 Å². The molecule has 1 aromatic carbocycles. The number of aromatic amines is 1. The number of likely N-dealkylation sites (tertiary alicyclic amines) is 1. The first kappa shape index (κ1) is 16.3. The van der Waals surface area contributed by atoms with Gasteiger partial charge in [-0.1, -0.05) is 24.3 Å². The lowest BCUT2D eigenvalue weighted by Gasteiger charge is -2.16. The van der Waals surface area contributed by atoms with Gasteiger partial charge in [-0.2, -0.15) is 0 Å². The van der Waals surface area contributed by atoms with Gasteiger partial charge in [-0.3, -0.25) is 9.59 Å². The number of amides is 2. The highest BCUT2D eigenvalue weighted by molar-refractivity contribution is 5.97. The summed E-state index contributed by atoms with van der Waals surface area (Å²) in [5, 5.41) is 3.84. The number of nitrogens with zero attached hydrogens (tertiary/aromatic N) is 2. The van der Waals surface area contributed by atoms with E-state index in [1.54, 1.807) is 12.3 Å². The van der Waals surface area contributed by atoms with Crippen molar-refractivity contribution < 1.29 is 9.59 Å². The van der Waals surface area contributed by atoms with Gasteiger partial charge in [-0.05, 0) is 35.7 Å². The summed E-state index contributed by atoms with van der Waals surface area (Å²) < 4.78 is 0. The molecule has 0 bridgehead atoms. The van der Waals surface area contributed by atoms with Crippen LogP contribution in [0.4, 0.5) is 0 Å². The van der Waals surface area contributed by atoms with Crippen molar-refractivity contribution in [1.82, 2.24) is 20.2 Å². The van der Waals surface area contributed by atoms with Crippen LogP contribution in [-0.2, 0) is 17.9 Å². The van der Waals surface area contributed by atoms with E-state index in [0.29, 0.717) is 30.9 Å². The van der Waals surface area contributed by atoms with Crippen LogP contribution in [0.15, 0.2) is 48.7 Å². The summed E-state index contributed by atoms with van der Waals surface area (Å²) in [6.07, 6.45) is 3.28. The van der Waals surface area contributed by atoms with Gasteiger partial charge in [0.2, 0.25) is 5.91 Å². The maximum Gasteiger partial charge on any atom is 0.268 e. The summed E-state index contributed by atoms with van der Waals surface area (Å²) in [4.78, 5) is 33.3. The largest absolute Gasteiger partial charge is 0.347 e. The normalized spacial score (nSPS) is 14.2. The van der Waals surface area contributed by atoms with Crippen LogP contribution in [-0.4, -0.2) is 33.2 Å². The molecule has 3 aromatic rings. The predicted octanol–water partition coefficient (Wildman–Crippen LogP) is 2.62. The van der Waals surface area contributed by atoms with Crippen LogP contribution in [0.5, 0.6) is 0 Å². The average molecular weight is 348 g/mol. The van der Waals surface area contributed by atoms with Crippen LogP contribution in [0.3, 0.4) is 0 Å². The van der Waals surface area contributed by atoms with Gasteiger partial charge in [0.25, 0.3) is 5.91 Å². The van der Waals surface area contributed by atoms with E-state index in [9.17, 15) is 9.59 Å². The van der Waals surface area contributed by atoms with Crippen molar-refractivity contribution >= 4 is 22.8 Å². The van der Waals surface area contributed by atoms with E-state index in [0.717, 1.165) is 29.5 Å². The second kappa shape index (κ2) is 7.00. The standard InChI is InChI=1S/C20H20N4O2/c25-18-7-3-9-24(18)13-15-5-1-4-14(10-15)12-22-20(26)17-11-16-6-2-8-21-19(16)23-17/h1-2,4-6,8,10-11H,3,7,9,12-13H2,(H,21,23)(H,22,26). The average Bonchev–Trinajstić information content (AvgIpc) is 3.26. The van der Waals surface area contributed by atoms with Gasteiger partial charge < -0.3 is 15.2 Å². The first-order valence-corrected chi connectivity index (χ1v) is 8.76. The monoisotopic (exact) mass is 348 g/mol. The van der Waals surface area contributed by atoms with Gasteiger partial charge in [-0.15, -0.1) is 0 Å². The van der Waals surface area contributed by atoms with E-state index in [1.165, 1.54) is 0 Å². The minimum absolute atomic E-state index is 0.164. The summed E-state index contributed by atoms with van der Waals surface area (Å²) in [6, 6.07) is 13.5. The van der Waals surface area contributed by atoms with Gasteiger partial charge in [0.05, 0.1) is 0 Å². The van der Waals surface area contributed by atoms with Crippen molar-refractivity contribution in [2.24, 2.45) is 0 Å². The molecule has 0 spiro atoms. The fourth-order valence-corrected chi connectivity index (χ4v) is 3.29. The smallest absolute Gasteiger partial charge is 0.268 e. The van der Waals surface area contributed by atoms with Crippen LogP contribution < -0.4 is 5.32 Å². The number of hydrogen-bond acceptors (Lipinski definition) is 3. The van der Waals surface area contributed by atoms with Crippen LogP contribution in [0.1, 0.15) is 34.5 Å². The number of pyridine rings is 1. The van der Waals surface area contributed by atoms with Crippen molar-refractivity contribution in [3.05, 3.63) is 65.5 Å². The SMILES string of the molecule is O=C(NCc1cccc(CN2CCCC2=O)c1)c1cc2cccnc2[nH]1. The highest BCUT2D eigenvalue weighted by atomic mass is 16.2. The molecule has 2 aromatic heterocycles. The summed E-state index contributed by atoms with van der Waals surface area (Å²) in [6.45, 7) is 1.89. The van der Waals surface area contributed by atoms with Crippen molar-refractivity contribution in [2.75, 3.05) is 6.54 Å². The minimum atomic E-state index is -0.164. The molecule has 1 aliphatic rings. The van der Waals surface area contributed by atoms with Gasteiger partial charge >= 0.3 is 0 Å². The van der Waals surface area contributed by atoms with Crippen LogP contribution in [0.25, 0.3) is 11.0 Å². The van der Waals surface area contributed by atoms with Gasteiger partial charge in [-0.25, -0.2) is 4.98 Å². The Labute approximate surface area is 151 Å². The molecule has 6 nitrogen and oxygen atoms in total. The van der Waals surface area contributed by atoms with Crippen LogP contribution >= 0.6 is 0 Å². The molecule has 1 fully saturated rings.